The van der Waals surface area contributed by atoms with Crippen LogP contribution in [0.5, 0.6) is 5.75 Å². The molecule has 1 aliphatic heterocycles. The Balaban J connectivity index is 1.54. The van der Waals surface area contributed by atoms with E-state index >= 15 is 0 Å². The number of methoxy groups -OCH3 is 1. The van der Waals surface area contributed by atoms with Gasteiger partial charge < -0.3 is 9.15 Å². The van der Waals surface area contributed by atoms with Gasteiger partial charge in [0.05, 0.1) is 25.5 Å². The van der Waals surface area contributed by atoms with Crippen LogP contribution in [-0.2, 0) is 13.1 Å². The number of rotatable bonds is 6. The van der Waals surface area contributed by atoms with Crippen molar-refractivity contribution in [3.8, 4) is 5.75 Å². The summed E-state index contributed by atoms with van der Waals surface area (Å²) in [6, 6.07) is 0.582. The van der Waals surface area contributed by atoms with Crippen molar-refractivity contribution in [2.45, 2.75) is 52.7 Å². The molecule has 6 heteroatoms. The summed E-state index contributed by atoms with van der Waals surface area (Å²) in [6.07, 6.45) is 6.07. The molecule has 0 amide bonds. The summed E-state index contributed by atoms with van der Waals surface area (Å²) in [6.45, 7) is 9.91. The van der Waals surface area contributed by atoms with E-state index in [2.05, 4.69) is 33.7 Å². The minimum Gasteiger partial charge on any atom is -0.496 e. The van der Waals surface area contributed by atoms with Crippen molar-refractivity contribution < 1.29 is 9.15 Å². The van der Waals surface area contributed by atoms with E-state index in [0.29, 0.717) is 6.04 Å². The second kappa shape index (κ2) is 8.18. The molecule has 26 heavy (non-hydrogen) atoms. The summed E-state index contributed by atoms with van der Waals surface area (Å²) in [5, 5.41) is 0. The molecule has 2 aromatic heterocycles. The van der Waals surface area contributed by atoms with Crippen LogP contribution in [0.15, 0.2) is 16.8 Å². The Morgan fingerprint density at radius 2 is 1.92 bits per heavy atom. The Hall–Kier alpha value is -1.92. The third-order valence-corrected chi connectivity index (χ3v) is 5.38. The lowest BCUT2D eigenvalue weighted by Gasteiger charge is -2.36. The highest BCUT2D eigenvalue weighted by atomic mass is 16.5. The molecule has 0 saturated carbocycles. The largest absolute Gasteiger partial charge is 0.496 e. The van der Waals surface area contributed by atoms with Crippen LogP contribution in [-0.4, -0.2) is 53.1 Å². The fraction of sp³-hybridized carbons (Fsp3) is 0.600. The molecule has 0 aliphatic carbocycles. The van der Waals surface area contributed by atoms with E-state index in [1.807, 2.05) is 26.2 Å². The van der Waals surface area contributed by atoms with Crippen LogP contribution >= 0.6 is 0 Å². The molecule has 1 fully saturated rings. The second-order valence-corrected chi connectivity index (χ2v) is 7.31. The zero-order valence-corrected chi connectivity index (χ0v) is 16.6. The van der Waals surface area contributed by atoms with Crippen molar-refractivity contribution in [1.82, 2.24) is 19.8 Å². The van der Waals surface area contributed by atoms with Gasteiger partial charge in [-0.25, -0.2) is 4.98 Å². The van der Waals surface area contributed by atoms with E-state index in [4.69, 9.17) is 9.15 Å². The van der Waals surface area contributed by atoms with Crippen molar-refractivity contribution >= 4 is 0 Å². The Morgan fingerprint density at radius 3 is 2.54 bits per heavy atom. The predicted octanol–water partition coefficient (Wildman–Crippen LogP) is 3.10. The van der Waals surface area contributed by atoms with Gasteiger partial charge in [0.2, 0.25) is 0 Å². The van der Waals surface area contributed by atoms with Gasteiger partial charge >= 0.3 is 0 Å². The lowest BCUT2D eigenvalue weighted by Crippen LogP contribution is -2.42. The first-order chi connectivity index (χ1) is 12.5. The number of hydrogen-bond acceptors (Lipinski definition) is 6. The van der Waals surface area contributed by atoms with Crippen molar-refractivity contribution in [2.24, 2.45) is 0 Å². The number of nitrogens with zero attached hydrogens (tertiary/aromatic N) is 4. The van der Waals surface area contributed by atoms with E-state index < -0.39 is 0 Å². The molecular weight excluding hydrogens is 328 g/mol. The van der Waals surface area contributed by atoms with Gasteiger partial charge in [-0.1, -0.05) is 0 Å². The normalized spacial score (nSPS) is 16.4. The molecule has 0 atom stereocenters. The van der Waals surface area contributed by atoms with Crippen LogP contribution in [0.4, 0.5) is 0 Å². The molecule has 0 N–H and O–H groups in total. The smallest absolute Gasteiger partial charge is 0.191 e. The minimum atomic E-state index is 0.582. The summed E-state index contributed by atoms with van der Waals surface area (Å²) < 4.78 is 11.1. The van der Waals surface area contributed by atoms with Crippen LogP contribution in [0.25, 0.3) is 0 Å². The van der Waals surface area contributed by atoms with Gasteiger partial charge in [-0.3, -0.25) is 14.8 Å². The lowest BCUT2D eigenvalue weighted by atomic mass is 10.0. The average molecular weight is 358 g/mol. The van der Waals surface area contributed by atoms with Crippen molar-refractivity contribution in [3.63, 3.8) is 0 Å². The second-order valence-electron chi connectivity index (χ2n) is 7.31. The van der Waals surface area contributed by atoms with E-state index in [9.17, 15) is 0 Å². The summed E-state index contributed by atoms with van der Waals surface area (Å²) in [5.74, 6) is 2.64. The molecule has 3 heterocycles. The third-order valence-electron chi connectivity index (χ3n) is 5.38. The van der Waals surface area contributed by atoms with Gasteiger partial charge in [0, 0.05) is 49.9 Å². The van der Waals surface area contributed by atoms with Gasteiger partial charge in [0.25, 0.3) is 0 Å². The molecule has 1 aliphatic rings. The summed E-state index contributed by atoms with van der Waals surface area (Å²) in [4.78, 5) is 13.7. The van der Waals surface area contributed by atoms with Gasteiger partial charge in [-0.15, -0.1) is 0 Å². The minimum absolute atomic E-state index is 0.582. The fourth-order valence-electron chi connectivity index (χ4n) is 3.81. The summed E-state index contributed by atoms with van der Waals surface area (Å²) in [5.41, 5.74) is 3.38. The molecule has 0 aromatic carbocycles. The van der Waals surface area contributed by atoms with Crippen molar-refractivity contribution in [1.29, 1.82) is 0 Å². The van der Waals surface area contributed by atoms with E-state index in [1.54, 1.807) is 7.11 Å². The van der Waals surface area contributed by atoms with Crippen LogP contribution in [0, 0.1) is 20.8 Å². The number of likely N-dealkylation sites (tertiary alicyclic amines) is 1. The molecule has 0 unspecified atom stereocenters. The SMILES string of the molecule is COc1c(C)cnc(CN2CCC(N(C)Cc3cnc(C)o3)CC2)c1C. The van der Waals surface area contributed by atoms with Crippen LogP contribution < -0.4 is 4.74 Å². The molecule has 2 aromatic rings. The molecule has 1 saturated heterocycles. The van der Waals surface area contributed by atoms with E-state index in [-0.39, 0.29) is 0 Å². The Morgan fingerprint density at radius 1 is 1.19 bits per heavy atom. The van der Waals surface area contributed by atoms with Gasteiger partial charge in [0.15, 0.2) is 5.89 Å². The van der Waals surface area contributed by atoms with Crippen molar-refractivity contribution in [3.05, 3.63) is 40.9 Å². The quantitative estimate of drug-likeness (QED) is 0.791. The number of pyridine rings is 1. The zero-order valence-electron chi connectivity index (χ0n) is 16.6. The molecule has 0 spiro atoms. The highest BCUT2D eigenvalue weighted by Gasteiger charge is 2.24. The number of oxazole rings is 1. The number of aromatic nitrogens is 2. The van der Waals surface area contributed by atoms with E-state index in [1.165, 1.54) is 0 Å². The summed E-state index contributed by atoms with van der Waals surface area (Å²) in [7, 11) is 3.91. The molecule has 3 rings (SSSR count). The maximum absolute atomic E-state index is 5.61. The van der Waals surface area contributed by atoms with Gasteiger partial charge in [-0.2, -0.15) is 0 Å². The fourth-order valence-corrected chi connectivity index (χ4v) is 3.81. The third kappa shape index (κ3) is 4.24. The summed E-state index contributed by atoms with van der Waals surface area (Å²) >= 11 is 0. The van der Waals surface area contributed by atoms with Crippen LogP contribution in [0.3, 0.4) is 0 Å². The molecular formula is C20H30N4O2. The first-order valence-electron chi connectivity index (χ1n) is 9.31. The number of ether oxygens (including phenoxy) is 1. The first kappa shape index (κ1) is 18.9. The monoisotopic (exact) mass is 358 g/mol. The number of hydrogen-bond donors (Lipinski definition) is 0. The van der Waals surface area contributed by atoms with Gasteiger partial charge in [-0.05, 0) is 33.7 Å². The number of aryl methyl sites for hydroxylation is 2. The molecule has 142 valence electrons. The standard InChI is InChI=1S/C20H30N4O2/c1-14-10-22-19(15(2)20(14)25-5)13-24-8-6-17(7-9-24)23(4)12-18-11-21-16(3)26-18/h10-11,17H,6-9,12-13H2,1-5H3. The Kier molecular flexibility index (Phi) is 5.94. The maximum atomic E-state index is 5.61. The van der Waals surface area contributed by atoms with Crippen molar-refractivity contribution in [2.75, 3.05) is 27.2 Å². The predicted molar refractivity (Wildman–Crippen MR) is 101 cm³/mol. The van der Waals surface area contributed by atoms with Crippen LogP contribution in [0.2, 0.25) is 0 Å². The molecule has 0 radical (unpaired) electrons. The Labute approximate surface area is 156 Å². The highest BCUT2D eigenvalue weighted by Crippen LogP contribution is 2.26. The first-order valence-corrected chi connectivity index (χ1v) is 9.31. The Bertz CT molecular complexity index is 735. The van der Waals surface area contributed by atoms with Crippen LogP contribution in [0.1, 0.15) is 41.3 Å². The highest BCUT2D eigenvalue weighted by molar-refractivity contribution is 5.41. The average Bonchev–Trinajstić information content (AvgIpc) is 3.03. The lowest BCUT2D eigenvalue weighted by molar-refractivity contribution is 0.113. The molecule has 6 nitrogen and oxygen atoms in total. The maximum Gasteiger partial charge on any atom is 0.191 e. The molecule has 0 bridgehead atoms. The van der Waals surface area contributed by atoms with Gasteiger partial charge in [0.1, 0.15) is 11.5 Å². The zero-order chi connectivity index (χ0) is 18.7. The van der Waals surface area contributed by atoms with E-state index in [0.717, 1.165) is 73.2 Å². The number of piperidine rings is 1. The topological polar surface area (TPSA) is 54.6 Å².